The molecule has 2 amide bonds. The average Bonchev–Trinajstić information content (AvgIpc) is 2.94. The molecule has 2 heterocycles. The van der Waals surface area contributed by atoms with Crippen molar-refractivity contribution in [2.24, 2.45) is 0 Å². The van der Waals surface area contributed by atoms with Crippen LogP contribution in [0.4, 0.5) is 0 Å². The summed E-state index contributed by atoms with van der Waals surface area (Å²) in [6, 6.07) is 0.697. The second kappa shape index (κ2) is 6.37. The second-order valence-corrected chi connectivity index (χ2v) is 5.34. The molecule has 0 aromatic carbocycles. The number of amides is 2. The van der Waals surface area contributed by atoms with Gasteiger partial charge in [0.15, 0.2) is 10.3 Å². The van der Waals surface area contributed by atoms with E-state index < -0.39 is 11.9 Å². The molecule has 2 rings (SSSR count). The van der Waals surface area contributed by atoms with Crippen LogP contribution in [0.15, 0.2) is 6.07 Å². The molecule has 1 saturated heterocycles. The summed E-state index contributed by atoms with van der Waals surface area (Å²) in [6.45, 7) is 3.12. The largest absolute Gasteiger partial charge is 0.341 e. The summed E-state index contributed by atoms with van der Waals surface area (Å²) in [4.78, 5) is 25.9. The predicted molar refractivity (Wildman–Crippen MR) is 74.8 cm³/mol. The fourth-order valence-corrected chi connectivity index (χ4v) is 2.38. The Bertz CT molecular complexity index is 532. The zero-order valence-electron chi connectivity index (χ0n) is 10.9. The lowest BCUT2D eigenvalue weighted by Gasteiger charge is -2.21. The third kappa shape index (κ3) is 3.37. The molecule has 108 valence electrons. The lowest BCUT2D eigenvalue weighted by Crippen LogP contribution is -2.46. The van der Waals surface area contributed by atoms with Crippen molar-refractivity contribution in [3.05, 3.63) is 21.9 Å². The van der Waals surface area contributed by atoms with E-state index in [-0.39, 0.29) is 21.8 Å². The molecule has 0 aliphatic carbocycles. The maximum atomic E-state index is 12.1. The van der Waals surface area contributed by atoms with Crippen LogP contribution in [0.25, 0.3) is 0 Å². The normalized spacial score (nSPS) is 16.1. The molecular formula is C12H14Cl2N4O2. The van der Waals surface area contributed by atoms with E-state index in [1.165, 1.54) is 6.07 Å². The van der Waals surface area contributed by atoms with Crippen molar-refractivity contribution in [3.8, 4) is 0 Å². The Balaban J connectivity index is 2.03. The Labute approximate surface area is 126 Å². The van der Waals surface area contributed by atoms with Gasteiger partial charge in [-0.25, -0.2) is 0 Å². The van der Waals surface area contributed by atoms with Crippen LogP contribution < -0.4 is 5.32 Å². The number of nitrogens with zero attached hydrogens (tertiary/aromatic N) is 3. The third-order valence-corrected chi connectivity index (χ3v) is 3.56. The zero-order chi connectivity index (χ0) is 14.7. The van der Waals surface area contributed by atoms with Crippen LogP contribution in [0.5, 0.6) is 0 Å². The number of carbonyl (C=O) groups excluding carboxylic acids is 2. The van der Waals surface area contributed by atoms with Crippen molar-refractivity contribution in [2.45, 2.75) is 25.8 Å². The quantitative estimate of drug-likeness (QED) is 0.917. The van der Waals surface area contributed by atoms with Gasteiger partial charge in [0.1, 0.15) is 6.04 Å². The van der Waals surface area contributed by atoms with E-state index in [2.05, 4.69) is 15.5 Å². The fourth-order valence-electron chi connectivity index (χ4n) is 2.06. The maximum absolute atomic E-state index is 12.1. The summed E-state index contributed by atoms with van der Waals surface area (Å²) in [5.41, 5.74) is 0.104. The minimum absolute atomic E-state index is 0.0484. The molecule has 0 bridgehead atoms. The van der Waals surface area contributed by atoms with Crippen molar-refractivity contribution < 1.29 is 9.59 Å². The maximum Gasteiger partial charge on any atom is 0.255 e. The Morgan fingerprint density at radius 3 is 2.60 bits per heavy atom. The summed E-state index contributed by atoms with van der Waals surface area (Å²) in [6.07, 6.45) is 2.00. The molecule has 8 heteroatoms. The molecule has 1 aliphatic rings. The first kappa shape index (κ1) is 15.0. The minimum Gasteiger partial charge on any atom is -0.341 e. The standard InChI is InChI=1S/C12H14Cl2N4O2/c1-7(12(20)18-4-2-3-5-18)15-11(19)8-6-9(13)16-17-10(8)14/h6-7H,2-5H2,1H3,(H,15,19). The van der Waals surface area contributed by atoms with Gasteiger partial charge in [-0.1, -0.05) is 23.2 Å². The van der Waals surface area contributed by atoms with E-state index >= 15 is 0 Å². The molecule has 20 heavy (non-hydrogen) atoms. The first-order chi connectivity index (χ1) is 9.49. The van der Waals surface area contributed by atoms with Crippen molar-refractivity contribution in [1.82, 2.24) is 20.4 Å². The van der Waals surface area contributed by atoms with Gasteiger partial charge in [0.25, 0.3) is 5.91 Å². The molecule has 0 spiro atoms. The first-order valence-corrected chi connectivity index (χ1v) is 7.03. The lowest BCUT2D eigenvalue weighted by molar-refractivity contribution is -0.131. The molecule has 1 aliphatic heterocycles. The molecule has 1 unspecified atom stereocenters. The Kier molecular flexibility index (Phi) is 4.77. The molecule has 0 radical (unpaired) electrons. The van der Waals surface area contributed by atoms with Gasteiger partial charge < -0.3 is 10.2 Å². The van der Waals surface area contributed by atoms with Gasteiger partial charge in [-0.3, -0.25) is 9.59 Å². The van der Waals surface area contributed by atoms with Crippen LogP contribution in [-0.4, -0.2) is 46.0 Å². The number of carbonyl (C=O) groups is 2. The van der Waals surface area contributed by atoms with Gasteiger partial charge >= 0.3 is 0 Å². The van der Waals surface area contributed by atoms with E-state index in [0.717, 1.165) is 25.9 Å². The van der Waals surface area contributed by atoms with Crippen molar-refractivity contribution in [3.63, 3.8) is 0 Å². The summed E-state index contributed by atoms with van der Waals surface area (Å²) >= 11 is 11.5. The zero-order valence-corrected chi connectivity index (χ0v) is 12.4. The summed E-state index contributed by atoms with van der Waals surface area (Å²) < 4.78 is 0. The van der Waals surface area contributed by atoms with Crippen LogP contribution in [-0.2, 0) is 4.79 Å². The van der Waals surface area contributed by atoms with E-state index in [4.69, 9.17) is 23.2 Å². The van der Waals surface area contributed by atoms with Crippen molar-refractivity contribution >= 4 is 35.0 Å². The molecule has 6 nitrogen and oxygen atoms in total. The second-order valence-electron chi connectivity index (χ2n) is 4.60. The molecule has 1 N–H and O–H groups in total. The van der Waals surface area contributed by atoms with Crippen LogP contribution >= 0.6 is 23.2 Å². The van der Waals surface area contributed by atoms with Crippen LogP contribution in [0, 0.1) is 0 Å². The molecule has 1 aromatic rings. The van der Waals surface area contributed by atoms with Gasteiger partial charge in [-0.2, -0.15) is 0 Å². The SMILES string of the molecule is CC(NC(=O)c1cc(Cl)nnc1Cl)C(=O)N1CCCC1. The van der Waals surface area contributed by atoms with Gasteiger partial charge in [0, 0.05) is 13.1 Å². The summed E-state index contributed by atoms with van der Waals surface area (Å²) in [5.74, 6) is -0.591. The van der Waals surface area contributed by atoms with E-state index in [0.29, 0.717) is 0 Å². The third-order valence-electron chi connectivity index (χ3n) is 3.10. The Morgan fingerprint density at radius 1 is 1.30 bits per heavy atom. The Morgan fingerprint density at radius 2 is 1.95 bits per heavy atom. The molecule has 0 saturated carbocycles. The van der Waals surface area contributed by atoms with Crippen LogP contribution in [0.2, 0.25) is 10.3 Å². The molecule has 1 atom stereocenters. The first-order valence-electron chi connectivity index (χ1n) is 6.27. The minimum atomic E-state index is -0.622. The van der Waals surface area contributed by atoms with Crippen molar-refractivity contribution in [2.75, 3.05) is 13.1 Å². The number of hydrogen-bond acceptors (Lipinski definition) is 4. The molecular weight excluding hydrogens is 303 g/mol. The average molecular weight is 317 g/mol. The predicted octanol–water partition coefficient (Wildman–Crippen LogP) is 1.52. The highest BCUT2D eigenvalue weighted by molar-refractivity contribution is 6.34. The van der Waals surface area contributed by atoms with Crippen LogP contribution in [0.3, 0.4) is 0 Å². The van der Waals surface area contributed by atoms with Gasteiger partial charge in [-0.05, 0) is 25.8 Å². The number of aromatic nitrogens is 2. The summed E-state index contributed by atoms with van der Waals surface area (Å²) in [5, 5.41) is 9.70. The highest BCUT2D eigenvalue weighted by atomic mass is 35.5. The van der Waals surface area contributed by atoms with E-state index in [9.17, 15) is 9.59 Å². The number of likely N-dealkylation sites (tertiary alicyclic amines) is 1. The topological polar surface area (TPSA) is 75.2 Å². The molecule has 1 fully saturated rings. The number of halogens is 2. The Hall–Kier alpha value is -1.40. The monoisotopic (exact) mass is 316 g/mol. The van der Waals surface area contributed by atoms with Gasteiger partial charge in [-0.15, -0.1) is 10.2 Å². The van der Waals surface area contributed by atoms with Gasteiger partial charge in [0.05, 0.1) is 5.56 Å². The summed E-state index contributed by atoms with van der Waals surface area (Å²) in [7, 11) is 0. The smallest absolute Gasteiger partial charge is 0.255 e. The number of rotatable bonds is 3. The number of nitrogens with one attached hydrogen (secondary N) is 1. The molecule has 1 aromatic heterocycles. The number of hydrogen-bond donors (Lipinski definition) is 1. The van der Waals surface area contributed by atoms with Gasteiger partial charge in [0.2, 0.25) is 5.91 Å². The highest BCUT2D eigenvalue weighted by Crippen LogP contribution is 2.16. The van der Waals surface area contributed by atoms with E-state index in [1.54, 1.807) is 11.8 Å². The van der Waals surface area contributed by atoms with Crippen molar-refractivity contribution in [1.29, 1.82) is 0 Å². The van der Waals surface area contributed by atoms with E-state index in [1.807, 2.05) is 0 Å². The fraction of sp³-hybridized carbons (Fsp3) is 0.500. The lowest BCUT2D eigenvalue weighted by atomic mass is 10.2. The highest BCUT2D eigenvalue weighted by Gasteiger charge is 2.25. The van der Waals surface area contributed by atoms with Crippen LogP contribution in [0.1, 0.15) is 30.1 Å².